The van der Waals surface area contributed by atoms with Crippen molar-refractivity contribution >= 4 is 39.7 Å². The number of carbonyl (C=O) groups is 1. The molecular formula is C25H27N7O4S. The van der Waals surface area contributed by atoms with Gasteiger partial charge < -0.3 is 30.0 Å². The summed E-state index contributed by atoms with van der Waals surface area (Å²) in [6, 6.07) is 7.33. The summed E-state index contributed by atoms with van der Waals surface area (Å²) < 4.78 is 12.9. The van der Waals surface area contributed by atoms with Crippen LogP contribution in [0.2, 0.25) is 0 Å². The van der Waals surface area contributed by atoms with Gasteiger partial charge in [0.25, 0.3) is 5.91 Å². The topological polar surface area (TPSA) is 126 Å². The zero-order chi connectivity index (χ0) is 25.2. The number of thiazole rings is 1. The average Bonchev–Trinajstić information content (AvgIpc) is 3.68. The van der Waals surface area contributed by atoms with Crippen LogP contribution in [0.25, 0.3) is 16.2 Å². The number of aromatic amines is 1. The van der Waals surface area contributed by atoms with Crippen molar-refractivity contribution in [2.75, 3.05) is 49.6 Å². The predicted molar refractivity (Wildman–Crippen MR) is 141 cm³/mol. The lowest BCUT2D eigenvalue weighted by atomic mass is 10.2. The number of ether oxygens (including phenoxy) is 2. The zero-order valence-electron chi connectivity index (χ0n) is 20.1. The van der Waals surface area contributed by atoms with Crippen molar-refractivity contribution < 1.29 is 14.3 Å². The Bertz CT molecular complexity index is 1470. The molecule has 0 bridgehead atoms. The van der Waals surface area contributed by atoms with E-state index < -0.39 is 0 Å². The molecule has 0 radical (unpaired) electrons. The van der Waals surface area contributed by atoms with E-state index in [4.69, 9.17) is 9.47 Å². The Morgan fingerprint density at radius 2 is 2.16 bits per heavy atom. The van der Waals surface area contributed by atoms with E-state index >= 15 is 0 Å². The molecule has 2 fully saturated rings. The lowest BCUT2D eigenvalue weighted by Gasteiger charge is -2.30. The summed E-state index contributed by atoms with van der Waals surface area (Å²) in [5, 5.41) is 8.32. The molecule has 1 aromatic carbocycles. The summed E-state index contributed by atoms with van der Waals surface area (Å²) in [5.41, 5.74) is 2.74. The first-order valence-corrected chi connectivity index (χ1v) is 13.2. The third-order valence-corrected chi connectivity index (χ3v) is 7.36. The number of pyridine rings is 1. The number of anilines is 2. The normalized spacial score (nSPS) is 17.8. The molecule has 5 heterocycles. The number of rotatable bonds is 7. The molecule has 1 atom stereocenters. The highest BCUT2D eigenvalue weighted by Crippen LogP contribution is 2.27. The van der Waals surface area contributed by atoms with Gasteiger partial charge in [-0.25, -0.2) is 14.3 Å². The third-order valence-electron chi connectivity index (χ3n) is 6.53. The molecule has 12 heteroatoms. The van der Waals surface area contributed by atoms with Gasteiger partial charge in [0.2, 0.25) is 0 Å². The van der Waals surface area contributed by atoms with Crippen molar-refractivity contribution in [3.63, 3.8) is 0 Å². The standard InChI is InChI=1S/C25H27N7O4S/c33-23(28-19-13-27-6-5-21(19)31-9-7-26-8-10-31)20-15-37-25(30-20)32-22-4-3-16(12-18(22)29-24(32)34)36-14-17-2-1-11-35-17/h3-6,12-13,15,17,26H,1-2,7-11,14H2,(H,28,33)(H,29,34). The monoisotopic (exact) mass is 521 g/mol. The fourth-order valence-corrected chi connectivity index (χ4v) is 5.47. The van der Waals surface area contributed by atoms with Crippen LogP contribution in [0.3, 0.4) is 0 Å². The Morgan fingerprint density at radius 3 is 3.00 bits per heavy atom. The van der Waals surface area contributed by atoms with Gasteiger partial charge in [0.05, 0.1) is 34.7 Å². The van der Waals surface area contributed by atoms with E-state index in [9.17, 15) is 9.59 Å². The molecule has 0 saturated carbocycles. The van der Waals surface area contributed by atoms with Crippen LogP contribution in [0, 0.1) is 0 Å². The second kappa shape index (κ2) is 10.3. The number of hydrogen-bond acceptors (Lipinski definition) is 9. The highest BCUT2D eigenvalue weighted by atomic mass is 32.1. The molecule has 6 rings (SSSR count). The Labute approximate surface area is 216 Å². The van der Waals surface area contributed by atoms with Crippen molar-refractivity contribution in [3.05, 3.63) is 58.2 Å². The number of amides is 1. The Hall–Kier alpha value is -3.74. The lowest BCUT2D eigenvalue weighted by molar-refractivity contribution is 0.0680. The highest BCUT2D eigenvalue weighted by molar-refractivity contribution is 7.12. The van der Waals surface area contributed by atoms with Crippen molar-refractivity contribution in [2.45, 2.75) is 18.9 Å². The molecule has 192 valence electrons. The van der Waals surface area contributed by atoms with Gasteiger partial charge in [0.15, 0.2) is 5.13 Å². The maximum Gasteiger partial charge on any atom is 0.332 e. The van der Waals surface area contributed by atoms with Crippen molar-refractivity contribution in [1.29, 1.82) is 0 Å². The molecule has 2 aliphatic heterocycles. The van der Waals surface area contributed by atoms with E-state index in [2.05, 4.69) is 30.5 Å². The molecule has 4 aromatic rings. The Balaban J connectivity index is 1.20. The predicted octanol–water partition coefficient (Wildman–Crippen LogP) is 2.39. The van der Waals surface area contributed by atoms with E-state index in [0.717, 1.165) is 51.3 Å². The summed E-state index contributed by atoms with van der Waals surface area (Å²) in [4.78, 5) is 39.6. The molecule has 2 saturated heterocycles. The summed E-state index contributed by atoms with van der Waals surface area (Å²) in [7, 11) is 0. The maximum absolute atomic E-state index is 13.1. The van der Waals surface area contributed by atoms with E-state index in [-0.39, 0.29) is 23.4 Å². The summed E-state index contributed by atoms with van der Waals surface area (Å²) in [5.74, 6) is 0.303. The first-order chi connectivity index (χ1) is 18.2. The van der Waals surface area contributed by atoms with E-state index in [1.165, 1.54) is 15.9 Å². The van der Waals surface area contributed by atoms with Crippen molar-refractivity contribution in [1.82, 2.24) is 24.8 Å². The third kappa shape index (κ3) is 4.95. The summed E-state index contributed by atoms with van der Waals surface area (Å²) in [6.45, 7) is 4.71. The fraction of sp³-hybridized carbons (Fsp3) is 0.360. The molecule has 3 N–H and O–H groups in total. The second-order valence-corrected chi connectivity index (χ2v) is 9.83. The number of hydrogen-bond donors (Lipinski definition) is 3. The van der Waals surface area contributed by atoms with Crippen LogP contribution in [0.4, 0.5) is 11.4 Å². The lowest BCUT2D eigenvalue weighted by Crippen LogP contribution is -2.43. The maximum atomic E-state index is 13.1. The number of benzene rings is 1. The van der Waals surface area contributed by atoms with Crippen LogP contribution in [-0.4, -0.2) is 70.9 Å². The Kier molecular flexibility index (Phi) is 6.60. The minimum Gasteiger partial charge on any atom is -0.491 e. The van der Waals surface area contributed by atoms with Crippen LogP contribution in [0.5, 0.6) is 5.75 Å². The van der Waals surface area contributed by atoms with Gasteiger partial charge in [-0.05, 0) is 31.0 Å². The van der Waals surface area contributed by atoms with E-state index in [0.29, 0.717) is 34.2 Å². The first-order valence-electron chi connectivity index (χ1n) is 12.3. The SMILES string of the molecule is O=C(Nc1cnccc1N1CCNCC1)c1csc(-n2c(=O)[nH]c3cc(OCC4CCCO4)ccc32)n1. The van der Waals surface area contributed by atoms with Gasteiger partial charge in [0, 0.05) is 50.4 Å². The minimum absolute atomic E-state index is 0.110. The molecule has 11 nitrogen and oxygen atoms in total. The summed E-state index contributed by atoms with van der Waals surface area (Å²) >= 11 is 1.23. The second-order valence-electron chi connectivity index (χ2n) is 8.99. The quantitative estimate of drug-likeness (QED) is 0.339. The highest BCUT2D eigenvalue weighted by Gasteiger charge is 2.20. The molecule has 2 aliphatic rings. The van der Waals surface area contributed by atoms with E-state index in [1.54, 1.807) is 23.8 Å². The van der Waals surface area contributed by atoms with Crippen molar-refractivity contribution in [2.24, 2.45) is 0 Å². The number of nitrogens with one attached hydrogen (secondary N) is 3. The fourth-order valence-electron chi connectivity index (χ4n) is 4.66. The van der Waals surface area contributed by atoms with Crippen LogP contribution in [0.1, 0.15) is 23.3 Å². The van der Waals surface area contributed by atoms with E-state index in [1.807, 2.05) is 18.2 Å². The molecule has 1 unspecified atom stereocenters. The smallest absolute Gasteiger partial charge is 0.332 e. The zero-order valence-corrected chi connectivity index (χ0v) is 20.9. The number of imidazole rings is 1. The molecule has 1 amide bonds. The molecule has 37 heavy (non-hydrogen) atoms. The number of H-pyrrole nitrogens is 1. The summed E-state index contributed by atoms with van der Waals surface area (Å²) in [6.07, 6.45) is 5.52. The Morgan fingerprint density at radius 1 is 1.27 bits per heavy atom. The van der Waals surface area contributed by atoms with Crippen LogP contribution >= 0.6 is 11.3 Å². The molecule has 3 aromatic heterocycles. The number of nitrogens with zero attached hydrogens (tertiary/aromatic N) is 4. The van der Waals surface area contributed by atoms with Gasteiger partial charge in [-0.2, -0.15) is 0 Å². The minimum atomic E-state index is -0.357. The van der Waals surface area contributed by atoms with Crippen LogP contribution < -0.4 is 26.0 Å². The number of piperazine rings is 1. The van der Waals surface area contributed by atoms with Gasteiger partial charge in [0.1, 0.15) is 18.1 Å². The van der Waals surface area contributed by atoms with Crippen LogP contribution in [-0.2, 0) is 4.74 Å². The molecule has 0 aliphatic carbocycles. The first kappa shape index (κ1) is 23.6. The number of aromatic nitrogens is 4. The number of carbonyl (C=O) groups excluding carboxylic acids is 1. The number of fused-ring (bicyclic) bond motifs is 1. The van der Waals surface area contributed by atoms with Crippen LogP contribution in [0.15, 0.2) is 46.8 Å². The molecule has 0 spiro atoms. The van der Waals surface area contributed by atoms with Gasteiger partial charge in [-0.1, -0.05) is 0 Å². The molecular weight excluding hydrogens is 494 g/mol. The van der Waals surface area contributed by atoms with Gasteiger partial charge in [-0.3, -0.25) is 9.78 Å². The average molecular weight is 522 g/mol. The van der Waals surface area contributed by atoms with Gasteiger partial charge >= 0.3 is 5.69 Å². The van der Waals surface area contributed by atoms with Gasteiger partial charge in [-0.15, -0.1) is 11.3 Å². The van der Waals surface area contributed by atoms with Crippen molar-refractivity contribution in [3.8, 4) is 10.9 Å². The largest absolute Gasteiger partial charge is 0.491 e.